The first kappa shape index (κ1) is 24.0. The summed E-state index contributed by atoms with van der Waals surface area (Å²) in [7, 11) is 0. The normalized spacial score (nSPS) is 25.3. The van der Waals surface area contributed by atoms with Gasteiger partial charge in [0, 0.05) is 11.5 Å². The van der Waals surface area contributed by atoms with Crippen molar-refractivity contribution in [3.8, 4) is 17.2 Å². The summed E-state index contributed by atoms with van der Waals surface area (Å²) < 4.78 is 31.7. The van der Waals surface area contributed by atoms with Crippen LogP contribution in [-0.4, -0.2) is 45.2 Å². The van der Waals surface area contributed by atoms with Crippen molar-refractivity contribution in [3.63, 3.8) is 0 Å². The van der Waals surface area contributed by atoms with Gasteiger partial charge in [0.25, 0.3) is 0 Å². The molecule has 5 rings (SSSR count). The Kier molecular flexibility index (Phi) is 6.28. The van der Waals surface area contributed by atoms with E-state index in [1.54, 1.807) is 6.07 Å². The number of hydrogen-bond acceptors (Lipinski definition) is 6. The zero-order chi connectivity index (χ0) is 24.7. The molecule has 184 valence electrons. The molecule has 0 amide bonds. The molecule has 1 saturated carbocycles. The van der Waals surface area contributed by atoms with Gasteiger partial charge in [0.1, 0.15) is 22.9 Å². The summed E-state index contributed by atoms with van der Waals surface area (Å²) in [6.45, 7) is 1.05. The molecule has 0 radical (unpaired) electrons. The van der Waals surface area contributed by atoms with Crippen LogP contribution in [0.2, 0.25) is 0 Å². The maximum atomic E-state index is 10.8. The van der Waals surface area contributed by atoms with Crippen molar-refractivity contribution in [1.82, 2.24) is 5.32 Å². The smallest absolute Gasteiger partial charge is 0.490 e. The Labute approximate surface area is 194 Å². The maximum Gasteiger partial charge on any atom is 0.490 e. The highest BCUT2D eigenvalue weighted by Gasteiger charge is 2.51. The van der Waals surface area contributed by atoms with E-state index < -0.39 is 12.1 Å². The number of alkyl halides is 3. The number of nitrogens with one attached hydrogen (secondary N) is 2. The number of hydrogen-bond donors (Lipinski definition) is 6. The number of benzene rings is 2. The molecule has 34 heavy (non-hydrogen) atoms. The van der Waals surface area contributed by atoms with Crippen molar-refractivity contribution in [2.45, 2.75) is 56.2 Å². The zero-order valence-corrected chi connectivity index (χ0v) is 18.3. The summed E-state index contributed by atoms with van der Waals surface area (Å²) in [5, 5.41) is 44.7. The van der Waals surface area contributed by atoms with Crippen molar-refractivity contribution >= 4 is 17.3 Å². The fourth-order valence-corrected chi connectivity index (χ4v) is 5.86. The minimum Gasteiger partial charge on any atom is -0.506 e. The Bertz CT molecular complexity index is 1070. The first-order chi connectivity index (χ1) is 16.0. The zero-order valence-electron chi connectivity index (χ0n) is 18.3. The van der Waals surface area contributed by atoms with Crippen LogP contribution in [0, 0.1) is 5.92 Å². The molecule has 10 heteroatoms. The highest BCUT2D eigenvalue weighted by atomic mass is 19.4. The lowest BCUT2D eigenvalue weighted by atomic mass is 9.53. The molecule has 1 heterocycles. The Morgan fingerprint density at radius 1 is 1.06 bits per heavy atom. The first-order valence-electron chi connectivity index (χ1n) is 11.2. The lowest BCUT2D eigenvalue weighted by molar-refractivity contribution is -0.192. The largest absolute Gasteiger partial charge is 0.506 e. The third-order valence-electron chi connectivity index (χ3n) is 7.28. The number of carboxylic acids is 1. The van der Waals surface area contributed by atoms with Gasteiger partial charge >= 0.3 is 12.1 Å². The number of rotatable bonds is 2. The van der Waals surface area contributed by atoms with E-state index >= 15 is 0 Å². The number of phenolic OH excluding ortho intramolecular Hbond substituents is 3. The lowest BCUT2D eigenvalue weighted by Crippen LogP contribution is -2.59. The SMILES string of the molecule is O=C(O)C(F)(F)F.Oc1cc2c(cc1Nc1c(O)cccc1O)C[C@@H]1NCC[C@]23CCCC[C@H]13. The molecule has 2 fully saturated rings. The molecule has 2 aromatic carbocycles. The van der Waals surface area contributed by atoms with E-state index in [9.17, 15) is 28.5 Å². The summed E-state index contributed by atoms with van der Waals surface area (Å²) in [5.74, 6) is -2.01. The second-order valence-corrected chi connectivity index (χ2v) is 9.15. The highest BCUT2D eigenvalue weighted by molar-refractivity contribution is 5.76. The third kappa shape index (κ3) is 4.34. The van der Waals surface area contributed by atoms with E-state index in [2.05, 4.69) is 10.6 Å². The Morgan fingerprint density at radius 3 is 2.38 bits per heavy atom. The molecule has 1 aliphatic heterocycles. The molecular weight excluding hydrogens is 453 g/mol. The van der Waals surface area contributed by atoms with Crippen molar-refractivity contribution in [2.75, 3.05) is 11.9 Å². The lowest BCUT2D eigenvalue weighted by Gasteiger charge is -2.56. The van der Waals surface area contributed by atoms with Gasteiger partial charge in [0.2, 0.25) is 0 Å². The summed E-state index contributed by atoms with van der Waals surface area (Å²) in [6, 6.07) is 9.05. The average Bonchev–Trinajstić information content (AvgIpc) is 2.77. The summed E-state index contributed by atoms with van der Waals surface area (Å²) in [6.07, 6.45) is 2.04. The number of carbonyl (C=O) groups is 1. The average molecular weight is 480 g/mol. The van der Waals surface area contributed by atoms with Crippen LogP contribution in [0.5, 0.6) is 17.2 Å². The molecule has 0 unspecified atom stereocenters. The quantitative estimate of drug-likeness (QED) is 0.349. The van der Waals surface area contributed by atoms with Crippen molar-refractivity contribution < 1.29 is 38.4 Å². The van der Waals surface area contributed by atoms with Gasteiger partial charge in [0.05, 0.1) is 5.69 Å². The number of carboxylic acid groups (broad SMARTS) is 1. The minimum absolute atomic E-state index is 0.0448. The maximum absolute atomic E-state index is 10.8. The summed E-state index contributed by atoms with van der Waals surface area (Å²) >= 11 is 0. The third-order valence-corrected chi connectivity index (χ3v) is 7.28. The molecule has 0 spiro atoms. The number of aliphatic carboxylic acids is 1. The monoisotopic (exact) mass is 480 g/mol. The van der Waals surface area contributed by atoms with Crippen LogP contribution < -0.4 is 10.6 Å². The van der Waals surface area contributed by atoms with Crippen molar-refractivity contribution in [2.24, 2.45) is 5.92 Å². The molecule has 6 N–H and O–H groups in total. The van der Waals surface area contributed by atoms with Crippen LogP contribution in [-0.2, 0) is 16.6 Å². The van der Waals surface area contributed by atoms with Gasteiger partial charge in [-0.15, -0.1) is 0 Å². The molecule has 0 aromatic heterocycles. The number of anilines is 2. The molecular formula is C24H27F3N2O5. The minimum atomic E-state index is -5.08. The highest BCUT2D eigenvalue weighted by Crippen LogP contribution is 2.55. The van der Waals surface area contributed by atoms with Gasteiger partial charge in [-0.3, -0.25) is 0 Å². The van der Waals surface area contributed by atoms with Gasteiger partial charge in [-0.1, -0.05) is 18.9 Å². The van der Waals surface area contributed by atoms with Crippen LogP contribution in [0.1, 0.15) is 43.2 Å². The molecule has 3 atom stereocenters. The van der Waals surface area contributed by atoms with Gasteiger partial charge < -0.3 is 31.1 Å². The summed E-state index contributed by atoms with van der Waals surface area (Å²) in [4.78, 5) is 8.90. The second kappa shape index (κ2) is 8.90. The predicted molar refractivity (Wildman–Crippen MR) is 119 cm³/mol. The number of aromatic hydroxyl groups is 3. The van der Waals surface area contributed by atoms with Crippen LogP contribution in [0.25, 0.3) is 0 Å². The molecule has 1 saturated heterocycles. The fourth-order valence-electron chi connectivity index (χ4n) is 5.86. The van der Waals surface area contributed by atoms with Gasteiger partial charge in [-0.25, -0.2) is 4.79 Å². The fraction of sp³-hybridized carbons (Fsp3) is 0.458. The number of phenols is 3. The van der Waals surface area contributed by atoms with Crippen LogP contribution in [0.3, 0.4) is 0 Å². The van der Waals surface area contributed by atoms with Crippen molar-refractivity contribution in [1.29, 1.82) is 0 Å². The predicted octanol–water partition coefficient (Wildman–Crippen LogP) is 4.53. The Hall–Kier alpha value is -3.14. The van der Waals surface area contributed by atoms with Gasteiger partial charge in [0.15, 0.2) is 0 Å². The van der Waals surface area contributed by atoms with E-state index in [1.807, 2.05) is 12.1 Å². The molecule has 2 aromatic rings. The topological polar surface area (TPSA) is 122 Å². The van der Waals surface area contributed by atoms with Gasteiger partial charge in [-0.2, -0.15) is 13.2 Å². The Balaban J connectivity index is 0.000000344. The van der Waals surface area contributed by atoms with Crippen LogP contribution in [0.15, 0.2) is 30.3 Å². The number of piperidine rings is 1. The summed E-state index contributed by atoms with van der Waals surface area (Å²) in [5.41, 5.74) is 3.51. The van der Waals surface area contributed by atoms with Crippen LogP contribution in [0.4, 0.5) is 24.5 Å². The van der Waals surface area contributed by atoms with Crippen molar-refractivity contribution in [3.05, 3.63) is 41.5 Å². The molecule has 2 bridgehead atoms. The molecule has 2 aliphatic carbocycles. The Morgan fingerprint density at radius 2 is 1.74 bits per heavy atom. The molecule has 7 nitrogen and oxygen atoms in total. The number of fused-ring (bicyclic) bond motifs is 1. The number of halogens is 3. The first-order valence-corrected chi connectivity index (χ1v) is 11.2. The van der Waals surface area contributed by atoms with Crippen LogP contribution >= 0.6 is 0 Å². The van der Waals surface area contributed by atoms with E-state index in [4.69, 9.17) is 9.90 Å². The van der Waals surface area contributed by atoms with E-state index in [0.717, 1.165) is 19.4 Å². The molecule has 3 aliphatic rings. The second-order valence-electron chi connectivity index (χ2n) is 9.15. The van der Waals surface area contributed by atoms with E-state index in [1.165, 1.54) is 48.9 Å². The van der Waals surface area contributed by atoms with E-state index in [0.29, 0.717) is 17.6 Å². The van der Waals surface area contributed by atoms with Gasteiger partial charge in [-0.05, 0) is 73.5 Å². The number of para-hydroxylation sites is 1. The standard InChI is InChI=1S/C22H26N2O3.C2HF3O2/c25-18-5-3-6-19(26)21(18)24-17-11-13-10-16-14-4-1-2-7-22(14,8-9-23-16)15(13)12-20(17)27;3-2(4,5)1(6)7/h3,5-6,11-12,14,16,23-27H,1-2,4,7-10H2;(H,6,7)/t14-,16+,22+;/m1./s1. The van der Waals surface area contributed by atoms with E-state index in [-0.39, 0.29) is 28.4 Å².